The summed E-state index contributed by atoms with van der Waals surface area (Å²) in [7, 11) is 1.95. The first-order valence-electron chi connectivity index (χ1n) is 9.39. The van der Waals surface area contributed by atoms with Crippen LogP contribution in [-0.4, -0.2) is 22.8 Å². The Bertz CT molecular complexity index is 1120. The van der Waals surface area contributed by atoms with Crippen LogP contribution in [0.25, 0.3) is 6.08 Å². The Balaban J connectivity index is 1.64. The number of Topliss-reactive ketones (excluding diaryl/α,β-unsaturated/α-hetero) is 1. The normalized spacial score (nSPS) is 14.3. The van der Waals surface area contributed by atoms with Crippen LogP contribution in [0.5, 0.6) is 11.5 Å². The Morgan fingerprint density at radius 2 is 1.67 bits per heavy atom. The second-order valence-corrected chi connectivity index (χ2v) is 7.99. The van der Waals surface area contributed by atoms with Gasteiger partial charge in [-0.3, -0.25) is 9.69 Å². The minimum absolute atomic E-state index is 0.0819. The average Bonchev–Trinajstić information content (AvgIpc) is 3.03. The number of fused-ring (bicyclic) bond motifs is 1. The monoisotopic (exact) mass is 439 g/mol. The second kappa shape index (κ2) is 8.52. The highest BCUT2D eigenvalue weighted by atomic mass is 35.5. The van der Waals surface area contributed by atoms with Crippen molar-refractivity contribution in [1.82, 2.24) is 4.90 Å². The lowest BCUT2D eigenvalue weighted by Gasteiger charge is -2.19. The molecule has 152 valence electrons. The van der Waals surface area contributed by atoms with Crippen molar-refractivity contribution in [3.8, 4) is 11.5 Å². The molecule has 3 aromatic carbocycles. The minimum atomic E-state index is -0.270. The number of allylic oxidation sites excluding steroid dienone is 1. The highest BCUT2D eigenvalue weighted by molar-refractivity contribution is 6.37. The Hall–Kier alpha value is -2.79. The van der Waals surface area contributed by atoms with Crippen molar-refractivity contribution in [3.63, 3.8) is 0 Å². The van der Waals surface area contributed by atoms with Crippen LogP contribution in [0.3, 0.4) is 0 Å². The number of aromatic hydroxyl groups is 1. The lowest BCUT2D eigenvalue weighted by atomic mass is 10.0. The fourth-order valence-corrected chi connectivity index (χ4v) is 3.96. The van der Waals surface area contributed by atoms with Crippen LogP contribution >= 0.6 is 23.2 Å². The standard InChI is InChI=1S/C24H19Cl2NO3/c1-27(13-15-6-3-2-4-7-15)14-18-21(28)11-10-16-23(29)22(30-24(16)18)12-17-19(25)8-5-9-20(17)26/h2-12,28H,13-14H2,1H3/b22-12-. The molecule has 0 aromatic heterocycles. The molecule has 1 heterocycles. The molecule has 0 saturated heterocycles. The van der Waals surface area contributed by atoms with Gasteiger partial charge in [0, 0.05) is 28.7 Å². The molecule has 0 saturated carbocycles. The predicted molar refractivity (Wildman–Crippen MR) is 119 cm³/mol. The molecule has 0 amide bonds. The van der Waals surface area contributed by atoms with Gasteiger partial charge in [-0.05, 0) is 43.0 Å². The smallest absolute Gasteiger partial charge is 0.231 e. The van der Waals surface area contributed by atoms with Crippen molar-refractivity contribution < 1.29 is 14.6 Å². The minimum Gasteiger partial charge on any atom is -0.507 e. The molecule has 0 fully saturated rings. The van der Waals surface area contributed by atoms with Gasteiger partial charge in [-0.1, -0.05) is 59.6 Å². The van der Waals surface area contributed by atoms with Crippen molar-refractivity contribution in [3.05, 3.63) is 98.7 Å². The third-order valence-corrected chi connectivity index (χ3v) is 5.57. The largest absolute Gasteiger partial charge is 0.507 e. The number of phenols is 1. The quantitative estimate of drug-likeness (QED) is 0.499. The maximum Gasteiger partial charge on any atom is 0.231 e. The van der Waals surface area contributed by atoms with Crippen molar-refractivity contribution >= 4 is 35.1 Å². The molecule has 0 radical (unpaired) electrons. The maximum atomic E-state index is 12.9. The first-order valence-corrected chi connectivity index (χ1v) is 10.1. The third-order valence-electron chi connectivity index (χ3n) is 4.91. The molecule has 1 aliphatic heterocycles. The number of benzene rings is 3. The van der Waals surface area contributed by atoms with Crippen LogP contribution < -0.4 is 4.74 Å². The Morgan fingerprint density at radius 3 is 2.37 bits per heavy atom. The van der Waals surface area contributed by atoms with Crippen LogP contribution in [-0.2, 0) is 13.1 Å². The number of hydrogen-bond donors (Lipinski definition) is 1. The Labute approximate surface area is 184 Å². The van der Waals surface area contributed by atoms with Gasteiger partial charge in [-0.15, -0.1) is 0 Å². The number of nitrogens with zero attached hydrogens (tertiary/aromatic N) is 1. The topological polar surface area (TPSA) is 49.8 Å². The van der Waals surface area contributed by atoms with Gasteiger partial charge in [0.2, 0.25) is 5.78 Å². The van der Waals surface area contributed by atoms with Gasteiger partial charge in [-0.25, -0.2) is 0 Å². The number of phenolic OH excluding ortho intramolecular Hbond substituents is 1. The van der Waals surface area contributed by atoms with E-state index in [2.05, 4.69) is 0 Å². The number of ketones is 1. The van der Waals surface area contributed by atoms with E-state index in [0.29, 0.717) is 45.6 Å². The fraction of sp³-hybridized carbons (Fsp3) is 0.125. The van der Waals surface area contributed by atoms with Crippen LogP contribution in [0.15, 0.2) is 66.4 Å². The maximum absolute atomic E-state index is 12.9. The molecule has 0 bridgehead atoms. The Morgan fingerprint density at radius 1 is 0.967 bits per heavy atom. The number of ether oxygens (including phenoxy) is 1. The molecule has 4 nitrogen and oxygen atoms in total. The van der Waals surface area contributed by atoms with Gasteiger partial charge >= 0.3 is 0 Å². The fourth-order valence-electron chi connectivity index (χ4n) is 3.45. The zero-order valence-corrected chi connectivity index (χ0v) is 17.7. The van der Waals surface area contributed by atoms with Crippen LogP contribution in [0, 0.1) is 0 Å². The van der Waals surface area contributed by atoms with E-state index in [-0.39, 0.29) is 17.3 Å². The third kappa shape index (κ3) is 4.08. The molecule has 30 heavy (non-hydrogen) atoms. The summed E-state index contributed by atoms with van der Waals surface area (Å²) in [4.78, 5) is 14.9. The average molecular weight is 440 g/mol. The summed E-state index contributed by atoms with van der Waals surface area (Å²) in [5.74, 6) is 0.304. The summed E-state index contributed by atoms with van der Waals surface area (Å²) >= 11 is 12.5. The molecule has 6 heteroatoms. The first-order chi connectivity index (χ1) is 14.4. The summed E-state index contributed by atoms with van der Waals surface area (Å²) in [6.07, 6.45) is 1.54. The number of carbonyl (C=O) groups is 1. The highest BCUT2D eigenvalue weighted by Crippen LogP contribution is 2.41. The summed E-state index contributed by atoms with van der Waals surface area (Å²) in [6.45, 7) is 1.10. The summed E-state index contributed by atoms with van der Waals surface area (Å²) in [5, 5.41) is 11.3. The van der Waals surface area contributed by atoms with Gasteiger partial charge in [0.25, 0.3) is 0 Å². The number of rotatable bonds is 5. The van der Waals surface area contributed by atoms with E-state index in [0.717, 1.165) is 5.56 Å². The van der Waals surface area contributed by atoms with Crippen LogP contribution in [0.1, 0.15) is 27.0 Å². The van der Waals surface area contributed by atoms with E-state index < -0.39 is 0 Å². The second-order valence-electron chi connectivity index (χ2n) is 7.17. The van der Waals surface area contributed by atoms with Gasteiger partial charge in [0.1, 0.15) is 11.5 Å². The van der Waals surface area contributed by atoms with E-state index in [1.54, 1.807) is 30.3 Å². The molecule has 1 aliphatic rings. The van der Waals surface area contributed by atoms with Crippen LogP contribution in [0.4, 0.5) is 0 Å². The van der Waals surface area contributed by atoms with E-state index in [9.17, 15) is 9.90 Å². The van der Waals surface area contributed by atoms with E-state index in [4.69, 9.17) is 27.9 Å². The predicted octanol–water partition coefficient (Wildman–Crippen LogP) is 5.95. The molecule has 0 spiro atoms. The van der Waals surface area contributed by atoms with E-state index in [1.807, 2.05) is 42.3 Å². The van der Waals surface area contributed by atoms with Gasteiger partial charge < -0.3 is 9.84 Å². The zero-order valence-electron chi connectivity index (χ0n) is 16.2. The number of carbonyl (C=O) groups excluding carboxylic acids is 1. The van der Waals surface area contributed by atoms with E-state index >= 15 is 0 Å². The summed E-state index contributed by atoms with van der Waals surface area (Å²) < 4.78 is 5.90. The Kier molecular flexibility index (Phi) is 5.82. The van der Waals surface area contributed by atoms with Gasteiger partial charge in [-0.2, -0.15) is 0 Å². The van der Waals surface area contributed by atoms with Gasteiger partial charge in [0.15, 0.2) is 5.76 Å². The molecular formula is C24H19Cl2NO3. The lowest BCUT2D eigenvalue weighted by Crippen LogP contribution is -2.17. The van der Waals surface area contributed by atoms with E-state index in [1.165, 1.54) is 6.07 Å². The van der Waals surface area contributed by atoms with Crippen molar-refractivity contribution in [2.75, 3.05) is 7.05 Å². The zero-order chi connectivity index (χ0) is 21.3. The van der Waals surface area contributed by atoms with Crippen molar-refractivity contribution in [2.45, 2.75) is 13.1 Å². The SMILES string of the molecule is CN(Cc1ccccc1)Cc1c(O)ccc2c1O/C(=C\c1c(Cl)cccc1Cl)C2=O. The van der Waals surface area contributed by atoms with Gasteiger partial charge in [0.05, 0.1) is 11.1 Å². The summed E-state index contributed by atoms with van der Waals surface area (Å²) in [6, 6.07) is 18.2. The molecular weight excluding hydrogens is 421 g/mol. The lowest BCUT2D eigenvalue weighted by molar-refractivity contribution is 0.101. The molecule has 0 unspecified atom stereocenters. The van der Waals surface area contributed by atoms with Crippen molar-refractivity contribution in [1.29, 1.82) is 0 Å². The molecule has 1 N–H and O–H groups in total. The molecule has 0 atom stereocenters. The number of halogens is 2. The number of hydrogen-bond acceptors (Lipinski definition) is 4. The molecule has 4 rings (SSSR count). The van der Waals surface area contributed by atoms with Crippen LogP contribution in [0.2, 0.25) is 10.0 Å². The summed E-state index contributed by atoms with van der Waals surface area (Å²) in [5.41, 5.74) is 2.64. The molecule has 0 aliphatic carbocycles. The highest BCUT2D eigenvalue weighted by Gasteiger charge is 2.31. The first kappa shape index (κ1) is 20.5. The van der Waals surface area contributed by atoms with Crippen molar-refractivity contribution in [2.24, 2.45) is 0 Å². The molecule has 3 aromatic rings.